The molecule has 0 spiro atoms. The quantitative estimate of drug-likeness (QED) is 0.588. The number of hydrogen-bond acceptors (Lipinski definition) is 2. The molecule has 0 heterocycles. The van der Waals surface area contributed by atoms with E-state index >= 15 is 0 Å². The molecule has 2 rings (SSSR count). The van der Waals surface area contributed by atoms with Crippen LogP contribution in [0.3, 0.4) is 0 Å². The molecule has 1 amide bonds. The van der Waals surface area contributed by atoms with Crippen molar-refractivity contribution < 1.29 is 9.18 Å². The third-order valence-corrected chi connectivity index (χ3v) is 4.34. The number of nitrogens with zero attached hydrogens (tertiary/aromatic N) is 2. The maximum Gasteiger partial charge on any atom is 0.253 e. The van der Waals surface area contributed by atoms with Crippen molar-refractivity contribution in [3.05, 3.63) is 70.0 Å². The number of amides is 1. The first-order chi connectivity index (χ1) is 12.9. The summed E-state index contributed by atoms with van der Waals surface area (Å²) >= 11 is 6.03. The number of carbonyl (C=O) groups excluding carboxylic acids is 1. The molecule has 144 valence electrons. The van der Waals surface area contributed by atoms with Crippen LogP contribution < -0.4 is 10.6 Å². The van der Waals surface area contributed by atoms with Crippen LogP contribution in [-0.2, 0) is 13.0 Å². The zero-order valence-electron chi connectivity index (χ0n) is 15.7. The highest BCUT2D eigenvalue weighted by molar-refractivity contribution is 6.31. The Morgan fingerprint density at radius 1 is 1.15 bits per heavy atom. The standard InChI is InChI=1S/C20H24ClFN4O/c1-23-20(24-11-10-15-8-9-17(22)12-18(15)21)25-13-14-4-6-16(7-5-14)19(27)26(2)3/h4-9,12H,10-11,13H2,1-3H3,(H2,23,24,25). The molecule has 5 nitrogen and oxygen atoms in total. The minimum Gasteiger partial charge on any atom is -0.356 e. The topological polar surface area (TPSA) is 56.7 Å². The summed E-state index contributed by atoms with van der Waals surface area (Å²) in [6.07, 6.45) is 0.654. The molecule has 0 aliphatic heterocycles. The molecule has 0 atom stereocenters. The lowest BCUT2D eigenvalue weighted by molar-refractivity contribution is 0.0827. The van der Waals surface area contributed by atoms with Gasteiger partial charge in [0.15, 0.2) is 5.96 Å². The number of aliphatic imine (C=N–C) groups is 1. The Morgan fingerprint density at radius 3 is 2.44 bits per heavy atom. The molecule has 7 heteroatoms. The lowest BCUT2D eigenvalue weighted by Crippen LogP contribution is -2.37. The predicted molar refractivity (Wildman–Crippen MR) is 108 cm³/mol. The highest BCUT2D eigenvalue weighted by atomic mass is 35.5. The van der Waals surface area contributed by atoms with Crippen LogP contribution in [0, 0.1) is 5.82 Å². The highest BCUT2D eigenvalue weighted by Gasteiger charge is 2.07. The van der Waals surface area contributed by atoms with Crippen LogP contribution in [0.1, 0.15) is 21.5 Å². The second-order valence-corrected chi connectivity index (χ2v) is 6.64. The maximum absolute atomic E-state index is 13.1. The third kappa shape index (κ3) is 6.25. The molecule has 27 heavy (non-hydrogen) atoms. The summed E-state index contributed by atoms with van der Waals surface area (Å²) in [5.41, 5.74) is 2.57. The number of rotatable bonds is 6. The molecule has 0 saturated carbocycles. The van der Waals surface area contributed by atoms with Crippen LogP contribution in [0.25, 0.3) is 0 Å². The van der Waals surface area contributed by atoms with Gasteiger partial charge < -0.3 is 15.5 Å². The Morgan fingerprint density at radius 2 is 1.85 bits per heavy atom. The molecule has 0 fully saturated rings. The van der Waals surface area contributed by atoms with Crippen LogP contribution in [0.2, 0.25) is 5.02 Å². The molecule has 0 aliphatic rings. The van der Waals surface area contributed by atoms with Gasteiger partial charge in [0, 0.05) is 44.8 Å². The van der Waals surface area contributed by atoms with E-state index in [9.17, 15) is 9.18 Å². The number of carbonyl (C=O) groups is 1. The fourth-order valence-electron chi connectivity index (χ4n) is 2.47. The zero-order chi connectivity index (χ0) is 19.8. The molecular weight excluding hydrogens is 367 g/mol. The van der Waals surface area contributed by atoms with Crippen LogP contribution in [0.4, 0.5) is 4.39 Å². The molecule has 2 aromatic carbocycles. The van der Waals surface area contributed by atoms with E-state index in [1.807, 2.05) is 24.3 Å². The van der Waals surface area contributed by atoms with Crippen molar-refractivity contribution in [2.45, 2.75) is 13.0 Å². The summed E-state index contributed by atoms with van der Waals surface area (Å²) in [5.74, 6) is 0.292. The smallest absolute Gasteiger partial charge is 0.253 e. The average molecular weight is 391 g/mol. The van der Waals surface area contributed by atoms with Crippen molar-refractivity contribution in [1.82, 2.24) is 15.5 Å². The van der Waals surface area contributed by atoms with Gasteiger partial charge in [0.2, 0.25) is 0 Å². The first-order valence-electron chi connectivity index (χ1n) is 8.59. The van der Waals surface area contributed by atoms with E-state index in [1.165, 1.54) is 12.1 Å². The van der Waals surface area contributed by atoms with Gasteiger partial charge in [-0.15, -0.1) is 0 Å². The molecule has 0 radical (unpaired) electrons. The third-order valence-electron chi connectivity index (χ3n) is 3.99. The minimum absolute atomic E-state index is 0.0218. The van der Waals surface area contributed by atoms with Crippen LogP contribution in [0.15, 0.2) is 47.5 Å². The number of nitrogens with one attached hydrogen (secondary N) is 2. The van der Waals surface area contributed by atoms with Gasteiger partial charge in [-0.05, 0) is 41.8 Å². The van der Waals surface area contributed by atoms with Crippen LogP contribution in [0.5, 0.6) is 0 Å². The lowest BCUT2D eigenvalue weighted by atomic mass is 10.1. The van der Waals surface area contributed by atoms with Gasteiger partial charge in [-0.3, -0.25) is 9.79 Å². The van der Waals surface area contributed by atoms with Gasteiger partial charge >= 0.3 is 0 Å². The summed E-state index contributed by atoms with van der Waals surface area (Å²) in [7, 11) is 5.15. The fourth-order valence-corrected chi connectivity index (χ4v) is 2.73. The molecular formula is C20H24ClFN4O. The van der Waals surface area contributed by atoms with E-state index in [0.29, 0.717) is 36.1 Å². The van der Waals surface area contributed by atoms with E-state index in [2.05, 4.69) is 15.6 Å². The largest absolute Gasteiger partial charge is 0.356 e. The monoisotopic (exact) mass is 390 g/mol. The van der Waals surface area contributed by atoms with E-state index in [1.54, 1.807) is 32.1 Å². The molecule has 2 N–H and O–H groups in total. The molecule has 2 aromatic rings. The fraction of sp³-hybridized carbons (Fsp3) is 0.300. The summed E-state index contributed by atoms with van der Waals surface area (Å²) in [5, 5.41) is 6.84. The SMILES string of the molecule is CN=C(NCCc1ccc(F)cc1Cl)NCc1ccc(C(=O)N(C)C)cc1. The van der Waals surface area contributed by atoms with Crippen LogP contribution >= 0.6 is 11.6 Å². The first-order valence-corrected chi connectivity index (χ1v) is 8.97. The molecule has 0 saturated heterocycles. The molecule has 0 unspecified atom stereocenters. The van der Waals surface area contributed by atoms with Crippen molar-refractivity contribution in [3.8, 4) is 0 Å². The van der Waals surface area contributed by atoms with Crippen molar-refractivity contribution in [1.29, 1.82) is 0 Å². The van der Waals surface area contributed by atoms with Gasteiger partial charge in [0.1, 0.15) is 5.82 Å². The van der Waals surface area contributed by atoms with Gasteiger partial charge in [0.25, 0.3) is 5.91 Å². The number of benzene rings is 2. The maximum atomic E-state index is 13.1. The molecule has 0 aliphatic carbocycles. The van der Waals surface area contributed by atoms with Gasteiger partial charge in [-0.25, -0.2) is 4.39 Å². The number of guanidine groups is 1. The van der Waals surface area contributed by atoms with Gasteiger partial charge in [-0.2, -0.15) is 0 Å². The summed E-state index contributed by atoms with van der Waals surface area (Å²) < 4.78 is 13.1. The Kier molecular flexibility index (Phi) is 7.61. The average Bonchev–Trinajstić information content (AvgIpc) is 2.65. The summed E-state index contributed by atoms with van der Waals surface area (Å²) in [6, 6.07) is 11.8. The minimum atomic E-state index is -0.340. The highest BCUT2D eigenvalue weighted by Crippen LogP contribution is 2.17. The van der Waals surface area contributed by atoms with E-state index in [0.717, 1.165) is 11.1 Å². The van der Waals surface area contributed by atoms with Crippen molar-refractivity contribution in [3.63, 3.8) is 0 Å². The van der Waals surface area contributed by atoms with Crippen molar-refractivity contribution in [2.24, 2.45) is 4.99 Å². The van der Waals surface area contributed by atoms with Crippen molar-refractivity contribution in [2.75, 3.05) is 27.7 Å². The van der Waals surface area contributed by atoms with E-state index in [4.69, 9.17) is 11.6 Å². The molecule has 0 aromatic heterocycles. The first kappa shape index (κ1) is 20.7. The Labute approximate surface area is 164 Å². The van der Waals surface area contributed by atoms with Crippen LogP contribution in [-0.4, -0.2) is 44.5 Å². The second kappa shape index (κ2) is 9.92. The Balaban J connectivity index is 1.82. The summed E-state index contributed by atoms with van der Waals surface area (Å²) in [4.78, 5) is 17.6. The Bertz CT molecular complexity index is 806. The Hall–Kier alpha value is -2.60. The normalized spacial score (nSPS) is 11.2. The number of halogens is 2. The van der Waals surface area contributed by atoms with Gasteiger partial charge in [0.05, 0.1) is 0 Å². The zero-order valence-corrected chi connectivity index (χ0v) is 16.5. The lowest BCUT2D eigenvalue weighted by Gasteiger charge is -2.13. The van der Waals surface area contributed by atoms with Gasteiger partial charge in [-0.1, -0.05) is 29.8 Å². The number of hydrogen-bond donors (Lipinski definition) is 2. The predicted octanol–water partition coefficient (Wildman–Crippen LogP) is 3.09. The van der Waals surface area contributed by atoms with E-state index in [-0.39, 0.29) is 11.7 Å². The molecule has 0 bridgehead atoms. The van der Waals surface area contributed by atoms with E-state index < -0.39 is 0 Å². The summed E-state index contributed by atoms with van der Waals surface area (Å²) in [6.45, 7) is 1.19. The second-order valence-electron chi connectivity index (χ2n) is 6.23. The van der Waals surface area contributed by atoms with Crippen molar-refractivity contribution >= 4 is 23.5 Å².